The molecule has 32 heavy (non-hydrogen) atoms. The molecule has 9 heteroatoms. The second-order valence-electron chi connectivity index (χ2n) is 9.35. The first kappa shape index (κ1) is 22.4. The van der Waals surface area contributed by atoms with Crippen molar-refractivity contribution >= 4 is 28.7 Å². The predicted molar refractivity (Wildman–Crippen MR) is 118 cm³/mol. The molecular formula is C23H29F2N5O2. The van der Waals surface area contributed by atoms with Gasteiger partial charge in [-0.2, -0.15) is 0 Å². The van der Waals surface area contributed by atoms with Crippen molar-refractivity contribution in [2.75, 3.05) is 24.5 Å². The molecule has 0 aromatic carbocycles. The third kappa shape index (κ3) is 4.52. The first-order valence-electron chi connectivity index (χ1n) is 11.1. The van der Waals surface area contributed by atoms with Gasteiger partial charge < -0.3 is 14.8 Å². The SMILES string of the molecule is C=CC(=O)N1CCN(c2cnc3[nH]cc(C(=O)CC4CC(F)(F)C4)c3n2)C[C@@H]1CC(C)C. The fraction of sp³-hybridized carbons (Fsp3) is 0.565. The molecule has 0 bridgehead atoms. The van der Waals surface area contributed by atoms with Gasteiger partial charge in [0.05, 0.1) is 11.8 Å². The first-order valence-corrected chi connectivity index (χ1v) is 11.1. The van der Waals surface area contributed by atoms with Crippen molar-refractivity contribution in [3.8, 4) is 0 Å². The Morgan fingerprint density at radius 3 is 2.75 bits per heavy atom. The summed E-state index contributed by atoms with van der Waals surface area (Å²) in [6, 6.07) is 0.0272. The van der Waals surface area contributed by atoms with E-state index in [4.69, 9.17) is 4.98 Å². The predicted octanol–water partition coefficient (Wildman–Crippen LogP) is 3.83. The van der Waals surface area contributed by atoms with Crippen molar-refractivity contribution in [2.24, 2.45) is 11.8 Å². The van der Waals surface area contributed by atoms with E-state index in [0.717, 1.165) is 6.42 Å². The van der Waals surface area contributed by atoms with E-state index < -0.39 is 5.92 Å². The van der Waals surface area contributed by atoms with Crippen LogP contribution in [0.25, 0.3) is 11.2 Å². The van der Waals surface area contributed by atoms with Crippen LogP contribution >= 0.6 is 0 Å². The molecule has 4 rings (SSSR count). The third-order valence-electron chi connectivity index (χ3n) is 6.33. The van der Waals surface area contributed by atoms with Crippen molar-refractivity contribution in [2.45, 2.75) is 51.5 Å². The lowest BCUT2D eigenvalue weighted by Gasteiger charge is -2.42. The average molecular weight is 446 g/mol. The molecule has 7 nitrogen and oxygen atoms in total. The summed E-state index contributed by atoms with van der Waals surface area (Å²) in [4.78, 5) is 41.1. The fourth-order valence-electron chi connectivity index (χ4n) is 4.77. The van der Waals surface area contributed by atoms with Gasteiger partial charge in [0.1, 0.15) is 11.3 Å². The number of rotatable bonds is 7. The molecule has 1 saturated heterocycles. The first-order chi connectivity index (χ1) is 15.2. The number of hydrogen-bond acceptors (Lipinski definition) is 5. The van der Waals surface area contributed by atoms with Crippen LogP contribution in [0.1, 0.15) is 49.9 Å². The molecule has 0 radical (unpaired) electrons. The number of ketones is 1. The van der Waals surface area contributed by atoms with Gasteiger partial charge in [-0.25, -0.2) is 18.7 Å². The summed E-state index contributed by atoms with van der Waals surface area (Å²) in [5.41, 5.74) is 1.35. The van der Waals surface area contributed by atoms with Crippen LogP contribution in [0.5, 0.6) is 0 Å². The van der Waals surface area contributed by atoms with Crippen LogP contribution in [0.2, 0.25) is 0 Å². The van der Waals surface area contributed by atoms with Crippen LogP contribution in [0.4, 0.5) is 14.6 Å². The standard InChI is InChI=1S/C23H29F2N5O2/c1-4-20(32)30-6-5-29(13-16(30)7-14(2)3)19-12-27-22-21(28-19)17(11-26-22)18(31)8-15-9-23(24,25)10-15/h4,11-12,14-16H,1,5-10,13H2,2-3H3,(H,26,27)/t16-/m0/s1. The molecule has 1 aliphatic carbocycles. The van der Waals surface area contributed by atoms with Crippen molar-refractivity contribution in [3.05, 3.63) is 30.6 Å². The summed E-state index contributed by atoms with van der Waals surface area (Å²) in [7, 11) is 0. The van der Waals surface area contributed by atoms with Gasteiger partial charge in [0.15, 0.2) is 11.4 Å². The number of alkyl halides is 2. The summed E-state index contributed by atoms with van der Waals surface area (Å²) in [5.74, 6) is -2.13. The van der Waals surface area contributed by atoms with Gasteiger partial charge in [0.2, 0.25) is 11.8 Å². The zero-order chi connectivity index (χ0) is 23.0. The van der Waals surface area contributed by atoms with Crippen LogP contribution in [0, 0.1) is 11.8 Å². The molecule has 1 N–H and O–H groups in total. The van der Waals surface area contributed by atoms with Gasteiger partial charge in [-0.1, -0.05) is 20.4 Å². The Labute approximate surface area is 185 Å². The average Bonchev–Trinajstić information content (AvgIpc) is 3.14. The number of amides is 1. The van der Waals surface area contributed by atoms with Crippen molar-refractivity contribution in [1.82, 2.24) is 19.9 Å². The second-order valence-corrected chi connectivity index (χ2v) is 9.35. The molecule has 0 unspecified atom stereocenters. The van der Waals surface area contributed by atoms with E-state index in [1.165, 1.54) is 6.08 Å². The zero-order valence-corrected chi connectivity index (χ0v) is 18.5. The molecule has 0 spiro atoms. The van der Waals surface area contributed by atoms with Gasteiger partial charge in [-0.15, -0.1) is 0 Å². The summed E-state index contributed by atoms with van der Waals surface area (Å²) < 4.78 is 26.3. The molecule has 1 aliphatic heterocycles. The van der Waals surface area contributed by atoms with Gasteiger partial charge in [0.25, 0.3) is 0 Å². The summed E-state index contributed by atoms with van der Waals surface area (Å²) in [6.45, 7) is 9.62. The largest absolute Gasteiger partial charge is 0.351 e. The highest BCUT2D eigenvalue weighted by molar-refractivity contribution is 6.06. The number of carbonyl (C=O) groups excluding carboxylic acids is 2. The molecule has 2 aromatic heterocycles. The number of aromatic nitrogens is 3. The number of nitrogens with zero attached hydrogens (tertiary/aromatic N) is 4. The topological polar surface area (TPSA) is 82.2 Å². The Bertz CT molecular complexity index is 1030. The lowest BCUT2D eigenvalue weighted by molar-refractivity contribution is -0.129. The van der Waals surface area contributed by atoms with Crippen molar-refractivity contribution in [3.63, 3.8) is 0 Å². The number of H-pyrrole nitrogens is 1. The number of carbonyl (C=O) groups is 2. The number of halogens is 2. The normalized spacial score (nSPS) is 21.1. The highest BCUT2D eigenvalue weighted by atomic mass is 19.3. The second kappa shape index (κ2) is 8.60. The fourth-order valence-corrected chi connectivity index (χ4v) is 4.77. The summed E-state index contributed by atoms with van der Waals surface area (Å²) in [5, 5.41) is 0. The van der Waals surface area contributed by atoms with Crippen molar-refractivity contribution in [1.29, 1.82) is 0 Å². The molecule has 2 aliphatic rings. The molecule has 172 valence electrons. The van der Waals surface area contributed by atoms with Gasteiger partial charge in [-0.05, 0) is 24.3 Å². The van der Waals surface area contributed by atoms with Gasteiger partial charge >= 0.3 is 0 Å². The van der Waals surface area contributed by atoms with Crippen molar-refractivity contribution < 1.29 is 18.4 Å². The number of nitrogens with one attached hydrogen (secondary N) is 1. The van der Waals surface area contributed by atoms with E-state index in [9.17, 15) is 18.4 Å². The van der Waals surface area contributed by atoms with Gasteiger partial charge in [-0.3, -0.25) is 9.59 Å². The maximum absolute atomic E-state index is 13.1. The van der Waals surface area contributed by atoms with E-state index in [1.54, 1.807) is 12.4 Å². The molecule has 1 amide bonds. The Morgan fingerprint density at radius 2 is 2.09 bits per heavy atom. The molecule has 3 heterocycles. The minimum absolute atomic E-state index is 0.0272. The molecule has 1 atom stereocenters. The van der Waals surface area contributed by atoms with Crippen LogP contribution in [0.15, 0.2) is 25.0 Å². The molecule has 2 fully saturated rings. The zero-order valence-electron chi connectivity index (χ0n) is 18.5. The van der Waals surface area contributed by atoms with Gasteiger partial charge in [0, 0.05) is 51.1 Å². The van der Waals surface area contributed by atoms with E-state index in [-0.39, 0.29) is 42.9 Å². The number of Topliss-reactive ketones (excluding diaryl/α,β-unsaturated/α-hetero) is 1. The van der Waals surface area contributed by atoms with Crippen LogP contribution in [-0.4, -0.2) is 63.1 Å². The lowest BCUT2D eigenvalue weighted by Crippen LogP contribution is -2.55. The van der Waals surface area contributed by atoms with E-state index in [2.05, 4.69) is 35.3 Å². The monoisotopic (exact) mass is 445 g/mol. The number of hydrogen-bond donors (Lipinski definition) is 1. The Hall–Kier alpha value is -2.84. The summed E-state index contributed by atoms with van der Waals surface area (Å²) >= 11 is 0. The molecular weight excluding hydrogens is 416 g/mol. The molecule has 1 saturated carbocycles. The number of anilines is 1. The number of piperazine rings is 1. The van der Waals surface area contributed by atoms with E-state index in [0.29, 0.717) is 48.1 Å². The molecule has 2 aromatic rings. The van der Waals surface area contributed by atoms with Crippen LogP contribution < -0.4 is 4.90 Å². The Balaban J connectivity index is 1.53. The Morgan fingerprint density at radius 1 is 1.34 bits per heavy atom. The smallest absolute Gasteiger partial charge is 0.248 e. The van der Waals surface area contributed by atoms with Crippen LogP contribution in [0.3, 0.4) is 0 Å². The van der Waals surface area contributed by atoms with E-state index in [1.807, 2.05) is 4.90 Å². The quantitative estimate of drug-likeness (QED) is 0.518. The Kier molecular flexibility index (Phi) is 6.01. The lowest BCUT2D eigenvalue weighted by atomic mass is 9.77. The minimum atomic E-state index is -2.64. The van der Waals surface area contributed by atoms with E-state index >= 15 is 0 Å². The number of aromatic amines is 1. The maximum Gasteiger partial charge on any atom is 0.248 e. The van der Waals surface area contributed by atoms with Crippen LogP contribution in [-0.2, 0) is 4.79 Å². The summed E-state index contributed by atoms with van der Waals surface area (Å²) in [6.07, 6.45) is 5.06. The highest BCUT2D eigenvalue weighted by Gasteiger charge is 2.45. The highest BCUT2D eigenvalue weighted by Crippen LogP contribution is 2.44. The maximum atomic E-state index is 13.1. The number of fused-ring (bicyclic) bond motifs is 1. The minimum Gasteiger partial charge on any atom is -0.351 e. The third-order valence-corrected chi connectivity index (χ3v) is 6.33.